The Morgan fingerprint density at radius 1 is 1.38 bits per heavy atom. The molecule has 1 aliphatic rings. The van der Waals surface area contributed by atoms with Crippen LogP contribution in [0.1, 0.15) is 49.6 Å². The number of nitrogens with one attached hydrogen (secondary N) is 2. The van der Waals surface area contributed by atoms with Crippen LogP contribution in [-0.2, 0) is 11.2 Å². The van der Waals surface area contributed by atoms with Gasteiger partial charge in [0.1, 0.15) is 0 Å². The van der Waals surface area contributed by atoms with Gasteiger partial charge in [0.25, 0.3) is 0 Å². The number of aryl methyl sites for hydroxylation is 2. The van der Waals surface area contributed by atoms with Crippen molar-refractivity contribution in [3.63, 3.8) is 0 Å². The monoisotopic (exact) mass is 292 g/mol. The molecule has 1 aromatic rings. The summed E-state index contributed by atoms with van der Waals surface area (Å²) in [4.78, 5) is 14.4. The van der Waals surface area contributed by atoms with Gasteiger partial charge in [0.2, 0.25) is 5.91 Å². The lowest BCUT2D eigenvalue weighted by atomic mass is 10.1. The number of H-pyrrole nitrogens is 1. The lowest BCUT2D eigenvalue weighted by Crippen LogP contribution is -2.32. The second-order valence-electron chi connectivity index (χ2n) is 6.14. The number of rotatable bonds is 7. The van der Waals surface area contributed by atoms with Crippen molar-refractivity contribution in [1.82, 2.24) is 20.4 Å². The molecular formula is C16H28N4O. The van der Waals surface area contributed by atoms with E-state index in [4.69, 9.17) is 0 Å². The molecule has 2 N–H and O–H groups in total. The fourth-order valence-corrected chi connectivity index (χ4v) is 3.06. The lowest BCUT2D eigenvalue weighted by molar-refractivity contribution is -0.121. The Labute approximate surface area is 127 Å². The predicted octanol–water partition coefficient (Wildman–Crippen LogP) is 1.95. The minimum Gasteiger partial charge on any atom is -0.356 e. The van der Waals surface area contributed by atoms with E-state index in [1.54, 1.807) is 0 Å². The van der Waals surface area contributed by atoms with Gasteiger partial charge in [0, 0.05) is 24.7 Å². The van der Waals surface area contributed by atoms with Crippen LogP contribution < -0.4 is 5.32 Å². The number of aromatic nitrogens is 2. The van der Waals surface area contributed by atoms with E-state index in [0.717, 1.165) is 24.2 Å². The van der Waals surface area contributed by atoms with Gasteiger partial charge >= 0.3 is 0 Å². The maximum atomic E-state index is 11.9. The molecule has 1 saturated heterocycles. The van der Waals surface area contributed by atoms with Crippen molar-refractivity contribution in [2.45, 2.75) is 58.9 Å². The van der Waals surface area contributed by atoms with E-state index in [2.05, 4.69) is 27.3 Å². The van der Waals surface area contributed by atoms with Crippen LogP contribution in [0.25, 0.3) is 0 Å². The summed E-state index contributed by atoms with van der Waals surface area (Å²) in [5, 5.41) is 10.2. The zero-order chi connectivity index (χ0) is 15.2. The predicted molar refractivity (Wildman–Crippen MR) is 84.3 cm³/mol. The van der Waals surface area contributed by atoms with E-state index in [1.165, 1.54) is 31.5 Å². The molecule has 0 aliphatic carbocycles. The molecule has 1 fully saturated rings. The number of carbonyl (C=O) groups excluding carboxylic acids is 1. The first-order valence-corrected chi connectivity index (χ1v) is 8.09. The van der Waals surface area contributed by atoms with Crippen LogP contribution in [0.4, 0.5) is 0 Å². The topological polar surface area (TPSA) is 61.0 Å². The highest BCUT2D eigenvalue weighted by atomic mass is 16.1. The van der Waals surface area contributed by atoms with Gasteiger partial charge in [-0.1, -0.05) is 0 Å². The van der Waals surface area contributed by atoms with Gasteiger partial charge in [0.05, 0.1) is 5.69 Å². The fourth-order valence-electron chi connectivity index (χ4n) is 3.06. The van der Waals surface area contributed by atoms with Gasteiger partial charge in [-0.3, -0.25) is 9.89 Å². The molecule has 1 atom stereocenters. The van der Waals surface area contributed by atoms with E-state index >= 15 is 0 Å². The third kappa shape index (κ3) is 4.56. The molecule has 2 heterocycles. The molecule has 21 heavy (non-hydrogen) atoms. The van der Waals surface area contributed by atoms with Gasteiger partial charge < -0.3 is 10.2 Å². The first-order valence-electron chi connectivity index (χ1n) is 8.09. The molecule has 118 valence electrons. The Morgan fingerprint density at radius 3 is 2.71 bits per heavy atom. The van der Waals surface area contributed by atoms with Gasteiger partial charge in [-0.2, -0.15) is 5.10 Å². The first kappa shape index (κ1) is 16.0. The summed E-state index contributed by atoms with van der Waals surface area (Å²) < 4.78 is 0. The molecule has 1 unspecified atom stereocenters. The number of likely N-dealkylation sites (tertiary alicyclic amines) is 1. The first-order chi connectivity index (χ1) is 10.1. The Hall–Kier alpha value is -1.36. The van der Waals surface area contributed by atoms with Crippen molar-refractivity contribution < 1.29 is 4.79 Å². The Balaban J connectivity index is 1.63. The zero-order valence-electron chi connectivity index (χ0n) is 13.5. The number of amides is 1. The number of aromatic amines is 1. The maximum Gasteiger partial charge on any atom is 0.220 e. The quantitative estimate of drug-likeness (QED) is 0.807. The fraction of sp³-hybridized carbons (Fsp3) is 0.750. The van der Waals surface area contributed by atoms with E-state index in [9.17, 15) is 4.79 Å². The third-order valence-corrected chi connectivity index (χ3v) is 4.53. The molecule has 1 aliphatic heterocycles. The summed E-state index contributed by atoms with van der Waals surface area (Å²) in [5.41, 5.74) is 3.36. The van der Waals surface area contributed by atoms with Crippen molar-refractivity contribution in [3.8, 4) is 0 Å². The standard InChI is InChI=1S/C16H28N4O/c1-12(20-10-4-5-11-20)6-7-16(21)17-9-8-15-13(2)18-19-14(15)3/h12H,4-11H2,1-3H3,(H,17,21)(H,18,19). The number of carbonyl (C=O) groups is 1. The summed E-state index contributed by atoms with van der Waals surface area (Å²) >= 11 is 0. The lowest BCUT2D eigenvalue weighted by Gasteiger charge is -2.23. The summed E-state index contributed by atoms with van der Waals surface area (Å²) in [5.74, 6) is 0.167. The molecule has 2 rings (SSSR count). The Kier molecular flexibility index (Phi) is 5.79. The van der Waals surface area contributed by atoms with Gasteiger partial charge in [0.15, 0.2) is 0 Å². The number of nitrogens with zero attached hydrogens (tertiary/aromatic N) is 2. The summed E-state index contributed by atoms with van der Waals surface area (Å²) in [6, 6.07) is 0.525. The average Bonchev–Trinajstić information content (AvgIpc) is 3.09. The van der Waals surface area contributed by atoms with Crippen LogP contribution in [0, 0.1) is 13.8 Å². The highest BCUT2D eigenvalue weighted by Crippen LogP contribution is 2.14. The molecular weight excluding hydrogens is 264 g/mol. The highest BCUT2D eigenvalue weighted by Gasteiger charge is 2.18. The van der Waals surface area contributed by atoms with Gasteiger partial charge in [-0.25, -0.2) is 0 Å². The molecule has 0 radical (unpaired) electrons. The Morgan fingerprint density at radius 2 is 2.10 bits per heavy atom. The van der Waals surface area contributed by atoms with Gasteiger partial charge in [-0.15, -0.1) is 0 Å². The second kappa shape index (κ2) is 7.59. The van der Waals surface area contributed by atoms with Crippen LogP contribution in [0.15, 0.2) is 0 Å². The van der Waals surface area contributed by atoms with E-state index in [-0.39, 0.29) is 5.91 Å². The second-order valence-corrected chi connectivity index (χ2v) is 6.14. The van der Waals surface area contributed by atoms with E-state index < -0.39 is 0 Å². The summed E-state index contributed by atoms with van der Waals surface area (Å²) in [7, 11) is 0. The summed E-state index contributed by atoms with van der Waals surface area (Å²) in [6.07, 6.45) is 5.04. The minimum atomic E-state index is 0.167. The SMILES string of the molecule is Cc1n[nH]c(C)c1CCNC(=O)CCC(C)N1CCCC1. The van der Waals surface area contributed by atoms with Crippen LogP contribution in [0.3, 0.4) is 0 Å². The largest absolute Gasteiger partial charge is 0.356 e. The van der Waals surface area contributed by atoms with Crippen LogP contribution in [0.5, 0.6) is 0 Å². The normalized spacial score (nSPS) is 17.1. The van der Waals surface area contributed by atoms with E-state index in [1.807, 2.05) is 13.8 Å². The molecule has 5 nitrogen and oxygen atoms in total. The van der Waals surface area contributed by atoms with Crippen molar-refractivity contribution in [3.05, 3.63) is 17.0 Å². The van der Waals surface area contributed by atoms with Crippen molar-refractivity contribution in [2.75, 3.05) is 19.6 Å². The minimum absolute atomic E-state index is 0.167. The number of hydrogen-bond acceptors (Lipinski definition) is 3. The maximum absolute atomic E-state index is 11.9. The average molecular weight is 292 g/mol. The molecule has 0 aromatic carbocycles. The zero-order valence-corrected chi connectivity index (χ0v) is 13.5. The summed E-state index contributed by atoms with van der Waals surface area (Å²) in [6.45, 7) is 9.34. The van der Waals surface area contributed by atoms with Crippen LogP contribution in [-0.4, -0.2) is 46.7 Å². The Bertz CT molecular complexity index is 443. The van der Waals surface area contributed by atoms with Crippen LogP contribution >= 0.6 is 0 Å². The molecule has 1 aromatic heterocycles. The smallest absolute Gasteiger partial charge is 0.220 e. The highest BCUT2D eigenvalue weighted by molar-refractivity contribution is 5.75. The van der Waals surface area contributed by atoms with Crippen molar-refractivity contribution in [1.29, 1.82) is 0 Å². The van der Waals surface area contributed by atoms with Crippen molar-refractivity contribution in [2.24, 2.45) is 0 Å². The molecule has 0 bridgehead atoms. The molecule has 1 amide bonds. The molecule has 0 spiro atoms. The van der Waals surface area contributed by atoms with Gasteiger partial charge in [-0.05, 0) is 65.1 Å². The van der Waals surface area contributed by atoms with Crippen LogP contribution in [0.2, 0.25) is 0 Å². The molecule has 0 saturated carbocycles. The molecule has 5 heteroatoms. The third-order valence-electron chi connectivity index (χ3n) is 4.53. The van der Waals surface area contributed by atoms with E-state index in [0.29, 0.717) is 19.0 Å². The number of hydrogen-bond donors (Lipinski definition) is 2. The van der Waals surface area contributed by atoms with Crippen molar-refractivity contribution >= 4 is 5.91 Å².